The molecule has 0 aliphatic carbocycles. The van der Waals surface area contributed by atoms with Crippen LogP contribution in [0.1, 0.15) is 6.92 Å². The second-order valence-electron chi connectivity index (χ2n) is 3.53. The van der Waals surface area contributed by atoms with Gasteiger partial charge in [-0.2, -0.15) is 4.98 Å². The van der Waals surface area contributed by atoms with E-state index in [0.29, 0.717) is 0 Å². The molecule has 2 heterocycles. The van der Waals surface area contributed by atoms with E-state index in [-0.39, 0.29) is 23.7 Å². The van der Waals surface area contributed by atoms with Crippen molar-refractivity contribution in [2.75, 3.05) is 0 Å². The Labute approximate surface area is 90.2 Å². The first-order valence-corrected chi connectivity index (χ1v) is 4.84. The van der Waals surface area contributed by atoms with Gasteiger partial charge < -0.3 is 5.11 Å². The second kappa shape index (κ2) is 3.22. The summed E-state index contributed by atoms with van der Waals surface area (Å²) < 4.78 is 3.62. The molecule has 0 saturated heterocycles. The zero-order valence-corrected chi connectivity index (χ0v) is 9.26. The fourth-order valence-corrected chi connectivity index (χ4v) is 1.71. The molecule has 0 spiro atoms. The highest BCUT2D eigenvalue weighted by Crippen LogP contribution is 2.12. The van der Waals surface area contributed by atoms with Crippen LogP contribution < -0.4 is 11.2 Å². The predicted octanol–water partition coefficient (Wildman–Crippen LogP) is -0.841. The lowest BCUT2D eigenvalue weighted by atomic mass is 10.5. The molecule has 0 amide bonds. The van der Waals surface area contributed by atoms with E-state index in [1.165, 1.54) is 23.2 Å². The summed E-state index contributed by atoms with van der Waals surface area (Å²) in [6.45, 7) is 2.00. The van der Waals surface area contributed by atoms with Crippen LogP contribution in [-0.4, -0.2) is 23.8 Å². The Morgan fingerprint density at radius 3 is 2.44 bits per heavy atom. The summed E-state index contributed by atoms with van der Waals surface area (Å²) in [7, 11) is 3.04. The molecule has 1 N–H and O–H groups in total. The number of nitrogens with zero attached hydrogens (tertiary/aromatic N) is 4. The van der Waals surface area contributed by atoms with Crippen LogP contribution >= 0.6 is 0 Å². The maximum Gasteiger partial charge on any atom is 0.332 e. The van der Waals surface area contributed by atoms with Gasteiger partial charge >= 0.3 is 5.69 Å². The summed E-state index contributed by atoms with van der Waals surface area (Å²) in [6, 6.07) is -0.282. The molecule has 0 radical (unpaired) electrons. The van der Waals surface area contributed by atoms with Crippen LogP contribution in [0.3, 0.4) is 0 Å². The molecule has 0 unspecified atom stereocenters. The van der Waals surface area contributed by atoms with Crippen molar-refractivity contribution in [3.8, 4) is 6.01 Å². The third-order valence-electron chi connectivity index (χ3n) is 2.65. The van der Waals surface area contributed by atoms with E-state index >= 15 is 0 Å². The normalized spacial score (nSPS) is 11.2. The van der Waals surface area contributed by atoms with Crippen molar-refractivity contribution < 1.29 is 5.11 Å². The molecule has 0 saturated carbocycles. The van der Waals surface area contributed by atoms with E-state index in [4.69, 9.17) is 0 Å². The summed E-state index contributed by atoms with van der Waals surface area (Å²) in [5.41, 5.74) is -0.449. The lowest BCUT2D eigenvalue weighted by Crippen LogP contribution is -2.39. The lowest BCUT2D eigenvalue weighted by Gasteiger charge is -2.05. The number of aromatic nitrogens is 4. The van der Waals surface area contributed by atoms with Crippen molar-refractivity contribution in [1.82, 2.24) is 18.7 Å². The van der Waals surface area contributed by atoms with Gasteiger partial charge in [0.1, 0.15) is 0 Å². The average Bonchev–Trinajstić information content (AvgIpc) is 2.54. The van der Waals surface area contributed by atoms with E-state index in [1.54, 1.807) is 6.92 Å². The fraction of sp³-hybridized carbons (Fsp3) is 0.444. The Morgan fingerprint density at radius 1 is 1.25 bits per heavy atom. The zero-order valence-electron chi connectivity index (χ0n) is 9.26. The summed E-state index contributed by atoms with van der Waals surface area (Å²) in [5.74, 6) is 0. The number of imidazole rings is 1. The molecule has 0 aromatic carbocycles. The molecule has 86 valence electrons. The number of fused-ring (bicyclic) bond motifs is 1. The first-order chi connectivity index (χ1) is 7.49. The van der Waals surface area contributed by atoms with Crippen molar-refractivity contribution in [3.63, 3.8) is 0 Å². The van der Waals surface area contributed by atoms with Gasteiger partial charge in [0.2, 0.25) is 0 Å². The van der Waals surface area contributed by atoms with Crippen molar-refractivity contribution in [3.05, 3.63) is 20.8 Å². The Bertz CT molecular complexity index is 677. The molecule has 16 heavy (non-hydrogen) atoms. The van der Waals surface area contributed by atoms with Gasteiger partial charge in [-0.3, -0.25) is 18.5 Å². The van der Waals surface area contributed by atoms with Crippen molar-refractivity contribution in [2.45, 2.75) is 13.5 Å². The van der Waals surface area contributed by atoms with Crippen LogP contribution in [0.4, 0.5) is 0 Å². The Balaban J connectivity index is 3.15. The average molecular weight is 224 g/mol. The van der Waals surface area contributed by atoms with Gasteiger partial charge in [-0.15, -0.1) is 0 Å². The molecule has 2 rings (SSSR count). The number of aromatic hydroxyl groups is 1. The van der Waals surface area contributed by atoms with Crippen LogP contribution in [0.25, 0.3) is 11.2 Å². The molecule has 0 aliphatic rings. The first kappa shape index (κ1) is 10.5. The summed E-state index contributed by atoms with van der Waals surface area (Å²) >= 11 is 0. The molecule has 0 aliphatic heterocycles. The summed E-state index contributed by atoms with van der Waals surface area (Å²) in [4.78, 5) is 27.5. The maximum atomic E-state index is 11.9. The molecular weight excluding hydrogens is 212 g/mol. The SMILES string of the molecule is CCn1c(=O)c2c(nc(O)n2C)n(C)c1=O. The maximum absolute atomic E-state index is 11.9. The molecular formula is C9H12N4O3. The molecule has 0 fully saturated rings. The molecule has 2 aromatic rings. The Kier molecular flexibility index (Phi) is 2.11. The van der Waals surface area contributed by atoms with Gasteiger partial charge in [-0.25, -0.2) is 4.79 Å². The minimum absolute atomic E-state index is 0.194. The van der Waals surface area contributed by atoms with E-state index < -0.39 is 11.2 Å². The van der Waals surface area contributed by atoms with E-state index in [9.17, 15) is 14.7 Å². The second-order valence-corrected chi connectivity index (χ2v) is 3.53. The fourth-order valence-electron chi connectivity index (χ4n) is 1.71. The van der Waals surface area contributed by atoms with E-state index in [2.05, 4.69) is 4.98 Å². The largest absolute Gasteiger partial charge is 0.480 e. The molecule has 0 atom stereocenters. The van der Waals surface area contributed by atoms with E-state index in [1.807, 2.05) is 0 Å². The molecule has 0 bridgehead atoms. The zero-order chi connectivity index (χ0) is 12.0. The monoisotopic (exact) mass is 224 g/mol. The van der Waals surface area contributed by atoms with E-state index in [0.717, 1.165) is 4.57 Å². The highest BCUT2D eigenvalue weighted by atomic mass is 16.3. The Hall–Kier alpha value is -2.05. The van der Waals surface area contributed by atoms with Crippen molar-refractivity contribution in [1.29, 1.82) is 0 Å². The summed E-state index contributed by atoms with van der Waals surface area (Å²) in [6.07, 6.45) is 0. The van der Waals surface area contributed by atoms with Crippen molar-refractivity contribution >= 4 is 11.2 Å². The molecule has 7 nitrogen and oxygen atoms in total. The minimum atomic E-state index is -0.434. The number of rotatable bonds is 1. The van der Waals surface area contributed by atoms with Crippen LogP contribution in [-0.2, 0) is 20.6 Å². The van der Waals surface area contributed by atoms with Crippen LogP contribution in [0.15, 0.2) is 9.59 Å². The van der Waals surface area contributed by atoms with Gasteiger partial charge in [0.25, 0.3) is 11.6 Å². The highest BCUT2D eigenvalue weighted by molar-refractivity contribution is 5.71. The standard InChI is InChI=1S/C9H12N4O3/c1-4-13-7(14)5-6(12(3)9(13)16)10-8(15)11(5)2/h4H2,1-3H3,(H,10,15). The minimum Gasteiger partial charge on any atom is -0.480 e. The third-order valence-corrected chi connectivity index (χ3v) is 2.65. The highest BCUT2D eigenvalue weighted by Gasteiger charge is 2.16. The summed E-state index contributed by atoms with van der Waals surface area (Å²) in [5, 5.41) is 9.43. The van der Waals surface area contributed by atoms with Gasteiger partial charge in [0, 0.05) is 20.6 Å². The number of hydrogen-bond donors (Lipinski definition) is 1. The van der Waals surface area contributed by atoms with Gasteiger partial charge in [-0.1, -0.05) is 0 Å². The van der Waals surface area contributed by atoms with Crippen molar-refractivity contribution in [2.24, 2.45) is 14.1 Å². The molecule has 7 heteroatoms. The van der Waals surface area contributed by atoms with Gasteiger partial charge in [-0.05, 0) is 6.92 Å². The van der Waals surface area contributed by atoms with Gasteiger partial charge in [0.05, 0.1) is 0 Å². The Morgan fingerprint density at radius 2 is 1.88 bits per heavy atom. The topological polar surface area (TPSA) is 82.1 Å². The lowest BCUT2D eigenvalue weighted by molar-refractivity contribution is 0.415. The van der Waals surface area contributed by atoms with Gasteiger partial charge in [0.15, 0.2) is 11.2 Å². The smallest absolute Gasteiger partial charge is 0.332 e. The number of aryl methyl sites for hydroxylation is 2. The predicted molar refractivity (Wildman–Crippen MR) is 57.6 cm³/mol. The first-order valence-electron chi connectivity index (χ1n) is 4.84. The number of hydrogen-bond acceptors (Lipinski definition) is 4. The van der Waals surface area contributed by atoms with Crippen LogP contribution in [0.2, 0.25) is 0 Å². The molecule has 2 aromatic heterocycles. The van der Waals surface area contributed by atoms with Crippen LogP contribution in [0, 0.1) is 0 Å². The quantitative estimate of drug-likeness (QED) is 0.684. The third kappa shape index (κ3) is 1.11. The van der Waals surface area contributed by atoms with Crippen LogP contribution in [0.5, 0.6) is 6.01 Å².